The first-order valence-electron chi connectivity index (χ1n) is 15.8. The van der Waals surface area contributed by atoms with Gasteiger partial charge in [0.15, 0.2) is 17.4 Å². The molecule has 1 N–H and O–H groups in total. The van der Waals surface area contributed by atoms with Crippen LogP contribution in [0, 0.1) is 28.8 Å². The topological polar surface area (TPSA) is 118 Å². The van der Waals surface area contributed by atoms with Crippen molar-refractivity contribution in [3.8, 4) is 17.6 Å². The summed E-state index contributed by atoms with van der Waals surface area (Å²) >= 11 is 0. The van der Waals surface area contributed by atoms with Crippen LogP contribution < -0.4 is 9.47 Å². The molecule has 6 rings (SSSR count). The highest BCUT2D eigenvalue weighted by Crippen LogP contribution is 2.27. The SMILES string of the molecule is CCn1cncc1Cn1c(CN2CCC(Oc3ccc(F)c(COc4ccc(C#N)cc4F)c3)CC2)nc2c(F)cc(/C=C/C(=O)O)cc21. The summed E-state index contributed by atoms with van der Waals surface area (Å²) in [6.07, 6.45) is 7.07. The quantitative estimate of drug-likeness (QED) is 0.154. The van der Waals surface area contributed by atoms with Crippen LogP contribution in [0.25, 0.3) is 17.1 Å². The van der Waals surface area contributed by atoms with Crippen LogP contribution in [-0.4, -0.2) is 54.3 Å². The highest BCUT2D eigenvalue weighted by Gasteiger charge is 2.24. The van der Waals surface area contributed by atoms with E-state index in [0.29, 0.717) is 68.2 Å². The van der Waals surface area contributed by atoms with Crippen LogP contribution in [0.5, 0.6) is 11.5 Å². The van der Waals surface area contributed by atoms with Crippen molar-refractivity contribution in [2.45, 2.75) is 52.1 Å². The number of rotatable bonds is 12. The molecule has 49 heavy (non-hydrogen) atoms. The highest BCUT2D eigenvalue weighted by molar-refractivity contribution is 5.87. The van der Waals surface area contributed by atoms with Gasteiger partial charge in [-0.05, 0) is 79.9 Å². The molecule has 3 aromatic carbocycles. The number of fused-ring (bicyclic) bond motifs is 1. The largest absolute Gasteiger partial charge is 0.490 e. The number of likely N-dealkylation sites (tertiary alicyclic amines) is 1. The van der Waals surface area contributed by atoms with Gasteiger partial charge in [-0.15, -0.1) is 0 Å². The number of piperidine rings is 1. The van der Waals surface area contributed by atoms with E-state index in [2.05, 4.69) is 9.88 Å². The zero-order valence-corrected chi connectivity index (χ0v) is 26.7. The second-order valence-electron chi connectivity index (χ2n) is 11.7. The van der Waals surface area contributed by atoms with Crippen molar-refractivity contribution >= 4 is 23.1 Å². The van der Waals surface area contributed by atoms with E-state index in [1.54, 1.807) is 30.7 Å². The van der Waals surface area contributed by atoms with Crippen molar-refractivity contribution in [2.24, 2.45) is 0 Å². The van der Waals surface area contributed by atoms with Gasteiger partial charge in [-0.1, -0.05) is 0 Å². The fourth-order valence-corrected chi connectivity index (χ4v) is 5.89. The molecule has 0 spiro atoms. The summed E-state index contributed by atoms with van der Waals surface area (Å²) in [4.78, 5) is 22.3. The lowest BCUT2D eigenvalue weighted by Crippen LogP contribution is -2.38. The van der Waals surface area contributed by atoms with Gasteiger partial charge < -0.3 is 23.7 Å². The van der Waals surface area contributed by atoms with Crippen LogP contribution in [-0.2, 0) is 31.0 Å². The summed E-state index contributed by atoms with van der Waals surface area (Å²) in [5.41, 5.74) is 2.47. The van der Waals surface area contributed by atoms with Crippen molar-refractivity contribution in [2.75, 3.05) is 13.1 Å². The molecule has 1 aliphatic heterocycles. The van der Waals surface area contributed by atoms with Gasteiger partial charge in [0.2, 0.25) is 0 Å². The lowest BCUT2D eigenvalue weighted by Gasteiger charge is -2.32. The van der Waals surface area contributed by atoms with Crippen molar-refractivity contribution in [3.63, 3.8) is 0 Å². The second kappa shape index (κ2) is 14.7. The number of carboxylic acids is 1. The molecule has 0 bridgehead atoms. The Labute approximate surface area is 280 Å². The van der Waals surface area contributed by atoms with E-state index in [-0.39, 0.29) is 35.1 Å². The maximum atomic E-state index is 15.3. The molecule has 252 valence electrons. The summed E-state index contributed by atoms with van der Waals surface area (Å²) in [6.45, 7) is 4.70. The van der Waals surface area contributed by atoms with E-state index in [4.69, 9.17) is 24.8 Å². The van der Waals surface area contributed by atoms with Crippen molar-refractivity contribution < 1.29 is 32.5 Å². The van der Waals surface area contributed by atoms with Crippen molar-refractivity contribution in [3.05, 3.63) is 113 Å². The number of hydrogen-bond donors (Lipinski definition) is 1. The Hall–Kier alpha value is -5.61. The molecule has 5 aromatic rings. The van der Waals surface area contributed by atoms with Gasteiger partial charge in [-0.3, -0.25) is 4.90 Å². The number of hydrogen-bond acceptors (Lipinski definition) is 7. The molecule has 1 fully saturated rings. The molecule has 0 aliphatic carbocycles. The molecule has 0 radical (unpaired) electrons. The van der Waals surface area contributed by atoms with Crippen LogP contribution in [0.15, 0.2) is 67.1 Å². The summed E-state index contributed by atoms with van der Waals surface area (Å²) in [7, 11) is 0. The fourth-order valence-electron chi connectivity index (χ4n) is 5.89. The minimum atomic E-state index is -1.13. The molecule has 0 amide bonds. The Kier molecular flexibility index (Phi) is 9.96. The van der Waals surface area contributed by atoms with Crippen LogP contribution in [0.4, 0.5) is 13.2 Å². The van der Waals surface area contributed by atoms with Crippen molar-refractivity contribution in [1.82, 2.24) is 24.0 Å². The molecule has 0 unspecified atom stereocenters. The third-order valence-corrected chi connectivity index (χ3v) is 8.45. The molecular formula is C36H33F3N6O4. The second-order valence-corrected chi connectivity index (χ2v) is 11.7. The lowest BCUT2D eigenvalue weighted by molar-refractivity contribution is -0.131. The summed E-state index contributed by atoms with van der Waals surface area (Å²) in [5.74, 6) is -1.83. The van der Waals surface area contributed by atoms with E-state index >= 15 is 4.39 Å². The average molecular weight is 671 g/mol. The van der Waals surface area contributed by atoms with Crippen LogP contribution in [0.1, 0.15) is 48.0 Å². The van der Waals surface area contributed by atoms with Gasteiger partial charge >= 0.3 is 5.97 Å². The predicted molar refractivity (Wildman–Crippen MR) is 174 cm³/mol. The number of imidazole rings is 2. The molecule has 1 aliphatic rings. The monoisotopic (exact) mass is 670 g/mol. The molecule has 0 saturated carbocycles. The number of carbonyl (C=O) groups is 1. The molecular weight excluding hydrogens is 637 g/mol. The Balaban J connectivity index is 1.14. The summed E-state index contributed by atoms with van der Waals surface area (Å²) in [5, 5.41) is 18.0. The first-order valence-corrected chi connectivity index (χ1v) is 15.8. The molecule has 2 aromatic heterocycles. The summed E-state index contributed by atoms with van der Waals surface area (Å²) in [6, 6.07) is 13.1. The number of nitrogens with zero attached hydrogens (tertiary/aromatic N) is 6. The Bertz CT molecular complexity index is 2060. The van der Waals surface area contributed by atoms with Gasteiger partial charge in [0.25, 0.3) is 0 Å². The van der Waals surface area contributed by atoms with Gasteiger partial charge in [-0.2, -0.15) is 5.26 Å². The normalized spacial score (nSPS) is 14.0. The van der Waals surface area contributed by atoms with E-state index in [0.717, 1.165) is 17.8 Å². The minimum Gasteiger partial charge on any atom is -0.490 e. The third kappa shape index (κ3) is 7.76. The third-order valence-electron chi connectivity index (χ3n) is 8.45. The smallest absolute Gasteiger partial charge is 0.328 e. The van der Waals surface area contributed by atoms with Gasteiger partial charge in [0.05, 0.1) is 42.3 Å². The van der Waals surface area contributed by atoms with E-state index in [9.17, 15) is 13.6 Å². The van der Waals surface area contributed by atoms with E-state index in [1.165, 1.54) is 30.3 Å². The minimum absolute atomic E-state index is 0.0835. The highest BCUT2D eigenvalue weighted by atomic mass is 19.1. The molecule has 3 heterocycles. The zero-order chi connectivity index (χ0) is 34.5. The number of carboxylic acid groups (broad SMARTS) is 1. The first-order chi connectivity index (χ1) is 23.7. The maximum absolute atomic E-state index is 15.3. The molecule has 13 heteroatoms. The van der Waals surface area contributed by atoms with Gasteiger partial charge in [0.1, 0.15) is 35.6 Å². The number of nitriles is 1. The molecule has 1 saturated heterocycles. The Morgan fingerprint density at radius 2 is 1.88 bits per heavy atom. The number of aryl methyl sites for hydroxylation is 1. The Morgan fingerprint density at radius 3 is 2.61 bits per heavy atom. The number of aliphatic carboxylic acids is 1. The maximum Gasteiger partial charge on any atom is 0.328 e. The summed E-state index contributed by atoms with van der Waals surface area (Å²) < 4.78 is 59.7. The molecule has 0 atom stereocenters. The van der Waals surface area contributed by atoms with Gasteiger partial charge in [0, 0.05) is 37.5 Å². The van der Waals surface area contributed by atoms with Crippen molar-refractivity contribution in [1.29, 1.82) is 5.26 Å². The van der Waals surface area contributed by atoms with Gasteiger partial charge in [-0.25, -0.2) is 27.9 Å². The Morgan fingerprint density at radius 1 is 1.06 bits per heavy atom. The van der Waals surface area contributed by atoms with Crippen LogP contribution in [0.3, 0.4) is 0 Å². The first kappa shape index (κ1) is 33.3. The zero-order valence-electron chi connectivity index (χ0n) is 26.7. The number of ether oxygens (including phenoxy) is 2. The van der Waals surface area contributed by atoms with Crippen LogP contribution in [0.2, 0.25) is 0 Å². The van der Waals surface area contributed by atoms with E-state index in [1.807, 2.05) is 22.1 Å². The number of benzene rings is 3. The fraction of sp³-hybridized carbons (Fsp3) is 0.278. The predicted octanol–water partition coefficient (Wildman–Crippen LogP) is 6.31. The van der Waals surface area contributed by atoms with E-state index < -0.39 is 23.4 Å². The molecule has 10 nitrogen and oxygen atoms in total. The number of halogens is 3. The number of aromatic nitrogens is 4. The van der Waals surface area contributed by atoms with Crippen LogP contribution >= 0.6 is 0 Å². The standard InChI is InChI=1S/C36H33F3N6O4/c1-2-44-22-41-18-26(44)19-45-32-15-23(4-8-35(46)47)13-31(39)36(32)42-34(45)20-43-11-9-27(10-12-43)49-28-5-6-29(37)25(16-28)21-48-33-7-3-24(17-40)14-30(33)38/h3-8,13-16,18,22,27H,2,9-12,19-21H2,1H3,(H,46,47)/b8-4+. The lowest BCUT2D eigenvalue weighted by atomic mass is 10.1. The average Bonchev–Trinajstić information content (AvgIpc) is 3.69.